The Morgan fingerprint density at radius 2 is 1.82 bits per heavy atom. The Kier molecular flexibility index (Phi) is 5.46. The average Bonchev–Trinajstić information content (AvgIpc) is 2.11. The van der Waals surface area contributed by atoms with Crippen molar-refractivity contribution in [2.24, 2.45) is 16.7 Å². The molecule has 1 fully saturated rings. The smallest absolute Gasteiger partial charge is 0.00202 e. The summed E-state index contributed by atoms with van der Waals surface area (Å²) >= 11 is 0. The van der Waals surface area contributed by atoms with E-state index < -0.39 is 0 Å². The average molecular weight is 240 g/mol. The first-order valence-corrected chi connectivity index (χ1v) is 7.24. The van der Waals surface area contributed by atoms with Crippen LogP contribution in [0.15, 0.2) is 0 Å². The topological polar surface area (TPSA) is 24.1 Å². The third kappa shape index (κ3) is 4.97. The summed E-state index contributed by atoms with van der Waals surface area (Å²) in [5.74, 6) is 0.793. The highest BCUT2D eigenvalue weighted by atomic mass is 14.9. The zero-order valence-corrected chi connectivity index (χ0v) is 12.5. The minimum Gasteiger partial charge on any atom is -0.319 e. The molecule has 0 saturated heterocycles. The summed E-state index contributed by atoms with van der Waals surface area (Å²) < 4.78 is 0. The molecule has 2 nitrogen and oxygen atoms in total. The van der Waals surface area contributed by atoms with Crippen LogP contribution < -0.4 is 10.6 Å². The molecule has 0 radical (unpaired) electrons. The van der Waals surface area contributed by atoms with E-state index in [1.807, 2.05) is 0 Å². The lowest BCUT2D eigenvalue weighted by Gasteiger charge is -2.43. The molecule has 0 bridgehead atoms. The highest BCUT2D eigenvalue weighted by molar-refractivity contribution is 4.91. The molecule has 1 aliphatic carbocycles. The first kappa shape index (κ1) is 15.0. The summed E-state index contributed by atoms with van der Waals surface area (Å²) in [5, 5.41) is 7.07. The molecule has 1 saturated carbocycles. The maximum Gasteiger partial charge on any atom is 0.00202 e. The van der Waals surface area contributed by atoms with E-state index in [9.17, 15) is 0 Å². The van der Waals surface area contributed by atoms with E-state index in [1.165, 1.54) is 38.8 Å². The molecular formula is C15H32N2. The Morgan fingerprint density at radius 3 is 2.24 bits per heavy atom. The standard InChI is InChI=1S/C15H32N2/c1-13(2)9-14(3,4)10-17-12-15(11-16-5)7-6-8-15/h13,16-17H,6-12H2,1-5H3. The second kappa shape index (κ2) is 6.19. The number of rotatable bonds is 8. The summed E-state index contributed by atoms with van der Waals surface area (Å²) in [6.07, 6.45) is 5.51. The molecule has 102 valence electrons. The summed E-state index contributed by atoms with van der Waals surface area (Å²) in [5.41, 5.74) is 0.988. The van der Waals surface area contributed by atoms with Crippen molar-refractivity contribution in [3.05, 3.63) is 0 Å². The fourth-order valence-corrected chi connectivity index (χ4v) is 3.31. The third-order valence-electron chi connectivity index (χ3n) is 4.03. The summed E-state index contributed by atoms with van der Waals surface area (Å²) in [6.45, 7) is 12.9. The Morgan fingerprint density at radius 1 is 1.18 bits per heavy atom. The molecule has 0 spiro atoms. The molecular weight excluding hydrogens is 208 g/mol. The van der Waals surface area contributed by atoms with Crippen LogP contribution in [0.4, 0.5) is 0 Å². The van der Waals surface area contributed by atoms with Gasteiger partial charge in [0, 0.05) is 19.6 Å². The maximum atomic E-state index is 3.72. The lowest BCUT2D eigenvalue weighted by molar-refractivity contribution is 0.123. The van der Waals surface area contributed by atoms with Gasteiger partial charge in [-0.05, 0) is 43.1 Å². The lowest BCUT2D eigenvalue weighted by atomic mass is 9.68. The Balaban J connectivity index is 2.26. The van der Waals surface area contributed by atoms with Crippen LogP contribution in [0.3, 0.4) is 0 Å². The highest BCUT2D eigenvalue weighted by Gasteiger charge is 2.36. The van der Waals surface area contributed by atoms with Crippen LogP contribution in [0, 0.1) is 16.7 Å². The van der Waals surface area contributed by atoms with E-state index in [-0.39, 0.29) is 0 Å². The molecule has 0 amide bonds. The molecule has 0 heterocycles. The molecule has 1 rings (SSSR count). The predicted octanol–water partition coefficient (Wildman–Crippen LogP) is 3.04. The first-order chi connectivity index (χ1) is 7.89. The van der Waals surface area contributed by atoms with Gasteiger partial charge in [0.2, 0.25) is 0 Å². The van der Waals surface area contributed by atoms with Gasteiger partial charge in [-0.2, -0.15) is 0 Å². The Hall–Kier alpha value is -0.0800. The van der Waals surface area contributed by atoms with Crippen molar-refractivity contribution in [2.45, 2.75) is 53.4 Å². The van der Waals surface area contributed by atoms with Gasteiger partial charge in [0.25, 0.3) is 0 Å². The van der Waals surface area contributed by atoms with Crippen LogP contribution in [0.25, 0.3) is 0 Å². The minimum atomic E-state index is 0.429. The van der Waals surface area contributed by atoms with Gasteiger partial charge in [0.15, 0.2) is 0 Å². The predicted molar refractivity (Wildman–Crippen MR) is 76.3 cm³/mol. The van der Waals surface area contributed by atoms with E-state index >= 15 is 0 Å². The van der Waals surface area contributed by atoms with Gasteiger partial charge in [-0.25, -0.2) is 0 Å². The molecule has 2 heteroatoms. The van der Waals surface area contributed by atoms with E-state index in [4.69, 9.17) is 0 Å². The van der Waals surface area contributed by atoms with Crippen molar-refractivity contribution in [3.63, 3.8) is 0 Å². The van der Waals surface area contributed by atoms with Crippen LogP contribution in [0.5, 0.6) is 0 Å². The Bertz CT molecular complexity index is 217. The van der Waals surface area contributed by atoms with Crippen molar-refractivity contribution >= 4 is 0 Å². The van der Waals surface area contributed by atoms with Crippen molar-refractivity contribution in [3.8, 4) is 0 Å². The first-order valence-electron chi connectivity index (χ1n) is 7.24. The molecule has 17 heavy (non-hydrogen) atoms. The van der Waals surface area contributed by atoms with E-state index in [1.54, 1.807) is 0 Å². The van der Waals surface area contributed by atoms with Gasteiger partial charge < -0.3 is 10.6 Å². The van der Waals surface area contributed by atoms with Crippen LogP contribution in [-0.4, -0.2) is 26.7 Å². The molecule has 0 aromatic heterocycles. The monoisotopic (exact) mass is 240 g/mol. The van der Waals surface area contributed by atoms with Crippen molar-refractivity contribution in [1.29, 1.82) is 0 Å². The van der Waals surface area contributed by atoms with Gasteiger partial charge in [-0.15, -0.1) is 0 Å². The van der Waals surface area contributed by atoms with Crippen LogP contribution >= 0.6 is 0 Å². The van der Waals surface area contributed by atoms with E-state index in [0.29, 0.717) is 10.8 Å². The summed E-state index contributed by atoms with van der Waals surface area (Å²) in [4.78, 5) is 0. The molecule has 0 aromatic carbocycles. The zero-order chi connectivity index (χ0) is 12.9. The molecule has 1 aliphatic rings. The molecule has 0 aromatic rings. The quantitative estimate of drug-likeness (QED) is 0.681. The van der Waals surface area contributed by atoms with Crippen molar-refractivity contribution in [2.75, 3.05) is 26.7 Å². The summed E-state index contributed by atoms with van der Waals surface area (Å²) in [7, 11) is 2.07. The fourth-order valence-electron chi connectivity index (χ4n) is 3.31. The van der Waals surface area contributed by atoms with E-state index in [2.05, 4.69) is 45.4 Å². The summed E-state index contributed by atoms with van der Waals surface area (Å²) in [6, 6.07) is 0. The molecule has 0 atom stereocenters. The van der Waals surface area contributed by atoms with Crippen LogP contribution in [0.2, 0.25) is 0 Å². The zero-order valence-electron chi connectivity index (χ0n) is 12.5. The van der Waals surface area contributed by atoms with Gasteiger partial charge in [0.1, 0.15) is 0 Å². The van der Waals surface area contributed by atoms with Gasteiger partial charge in [0.05, 0.1) is 0 Å². The molecule has 0 unspecified atom stereocenters. The van der Waals surface area contributed by atoms with Gasteiger partial charge in [-0.3, -0.25) is 0 Å². The third-order valence-corrected chi connectivity index (χ3v) is 4.03. The second-order valence-electron chi connectivity index (χ2n) is 7.25. The normalized spacial score (nSPS) is 19.4. The van der Waals surface area contributed by atoms with E-state index in [0.717, 1.165) is 12.5 Å². The van der Waals surface area contributed by atoms with Crippen LogP contribution in [-0.2, 0) is 0 Å². The Labute approximate surface area is 108 Å². The molecule has 0 aliphatic heterocycles. The highest BCUT2D eigenvalue weighted by Crippen LogP contribution is 2.39. The fraction of sp³-hybridized carbons (Fsp3) is 1.00. The number of nitrogens with one attached hydrogen (secondary N) is 2. The van der Waals surface area contributed by atoms with Gasteiger partial charge in [-0.1, -0.05) is 34.1 Å². The SMILES string of the molecule is CNCC1(CNCC(C)(C)CC(C)C)CCC1. The number of hydrogen-bond acceptors (Lipinski definition) is 2. The largest absolute Gasteiger partial charge is 0.319 e. The van der Waals surface area contributed by atoms with Crippen molar-refractivity contribution in [1.82, 2.24) is 10.6 Å². The number of hydrogen-bond donors (Lipinski definition) is 2. The van der Waals surface area contributed by atoms with Gasteiger partial charge >= 0.3 is 0 Å². The second-order valence-corrected chi connectivity index (χ2v) is 7.25. The maximum absolute atomic E-state index is 3.72. The van der Waals surface area contributed by atoms with Crippen LogP contribution in [0.1, 0.15) is 53.4 Å². The minimum absolute atomic E-state index is 0.429. The van der Waals surface area contributed by atoms with Crippen molar-refractivity contribution < 1.29 is 0 Å². The lowest BCUT2D eigenvalue weighted by Crippen LogP contribution is -2.48. The molecule has 2 N–H and O–H groups in total.